The second kappa shape index (κ2) is 4.50. The molecule has 0 atom stereocenters. The van der Waals surface area contributed by atoms with Crippen LogP contribution in [0, 0.1) is 10.1 Å². The quantitative estimate of drug-likeness (QED) is 0.682. The van der Waals surface area contributed by atoms with E-state index in [2.05, 4.69) is 20.9 Å². The van der Waals surface area contributed by atoms with Crippen LogP contribution >= 0.6 is 15.9 Å². The number of nitro benzene ring substituents is 1. The summed E-state index contributed by atoms with van der Waals surface area (Å²) in [5.74, 6) is -0.378. The maximum absolute atomic E-state index is 10.8. The number of phenolic OH excluding ortho intramolecular Hbond substituents is 1. The Hall–Kier alpha value is -1.95. The first kappa shape index (κ1) is 11.5. The van der Waals surface area contributed by atoms with Gasteiger partial charge >= 0.3 is 5.69 Å². The van der Waals surface area contributed by atoms with Crippen LogP contribution in [0.4, 0.5) is 5.69 Å². The van der Waals surface area contributed by atoms with E-state index >= 15 is 0 Å². The van der Waals surface area contributed by atoms with Crippen molar-refractivity contribution in [2.75, 3.05) is 0 Å². The lowest BCUT2D eigenvalue weighted by Crippen LogP contribution is -1.91. The third kappa shape index (κ3) is 2.26. The van der Waals surface area contributed by atoms with Crippen molar-refractivity contribution in [1.29, 1.82) is 0 Å². The second-order valence-electron chi connectivity index (χ2n) is 3.29. The molecular weight excluding hydrogens is 288 g/mol. The van der Waals surface area contributed by atoms with Gasteiger partial charge in [0.2, 0.25) is 5.75 Å². The lowest BCUT2D eigenvalue weighted by atomic mass is 10.1. The molecule has 0 saturated carbocycles. The molecule has 6 heteroatoms. The van der Waals surface area contributed by atoms with Gasteiger partial charge in [0.1, 0.15) is 0 Å². The van der Waals surface area contributed by atoms with Crippen LogP contribution in [0.3, 0.4) is 0 Å². The molecule has 0 saturated heterocycles. The number of aromatic hydroxyl groups is 1. The largest absolute Gasteiger partial charge is 0.502 e. The molecule has 1 aromatic heterocycles. The third-order valence-corrected chi connectivity index (χ3v) is 2.65. The van der Waals surface area contributed by atoms with Crippen LogP contribution in [-0.4, -0.2) is 15.0 Å². The van der Waals surface area contributed by atoms with Gasteiger partial charge in [0, 0.05) is 16.7 Å². The highest BCUT2D eigenvalue weighted by Gasteiger charge is 2.19. The zero-order chi connectivity index (χ0) is 12.4. The Balaban J connectivity index is 2.67. The number of nitro groups is 1. The van der Waals surface area contributed by atoms with E-state index in [0.29, 0.717) is 15.7 Å². The normalized spacial score (nSPS) is 10.2. The van der Waals surface area contributed by atoms with Crippen LogP contribution in [0.5, 0.6) is 5.75 Å². The van der Waals surface area contributed by atoms with E-state index in [0.717, 1.165) is 0 Å². The first-order valence-electron chi connectivity index (χ1n) is 4.68. The molecule has 1 N–H and O–H groups in total. The standard InChI is InChI=1S/C11H7BrN2O3/c12-7-5-8(9-3-1-2-4-13-9)11(15)10(6-7)14(16)17/h1-6,15H. The summed E-state index contributed by atoms with van der Waals surface area (Å²) >= 11 is 3.17. The Morgan fingerprint density at radius 1 is 1.35 bits per heavy atom. The fourth-order valence-corrected chi connectivity index (χ4v) is 1.89. The van der Waals surface area contributed by atoms with E-state index in [1.807, 2.05) is 0 Å². The summed E-state index contributed by atoms with van der Waals surface area (Å²) < 4.78 is 0.516. The van der Waals surface area contributed by atoms with Gasteiger partial charge in [-0.1, -0.05) is 22.0 Å². The average molecular weight is 295 g/mol. The number of pyridine rings is 1. The summed E-state index contributed by atoms with van der Waals surface area (Å²) in [6, 6.07) is 7.99. The first-order chi connectivity index (χ1) is 8.09. The van der Waals surface area contributed by atoms with Crippen molar-refractivity contribution in [3.63, 3.8) is 0 Å². The predicted octanol–water partition coefficient (Wildman–Crippen LogP) is 3.12. The third-order valence-electron chi connectivity index (χ3n) is 2.19. The summed E-state index contributed by atoms with van der Waals surface area (Å²) in [6.45, 7) is 0. The molecular formula is C11H7BrN2O3. The van der Waals surface area contributed by atoms with Crippen molar-refractivity contribution in [2.45, 2.75) is 0 Å². The first-order valence-corrected chi connectivity index (χ1v) is 5.47. The van der Waals surface area contributed by atoms with Gasteiger partial charge in [-0.15, -0.1) is 0 Å². The van der Waals surface area contributed by atoms with Crippen molar-refractivity contribution >= 4 is 21.6 Å². The van der Waals surface area contributed by atoms with Crippen LogP contribution in [0.2, 0.25) is 0 Å². The van der Waals surface area contributed by atoms with Gasteiger partial charge < -0.3 is 5.11 Å². The molecule has 0 fully saturated rings. The number of rotatable bonds is 2. The van der Waals surface area contributed by atoms with E-state index in [1.54, 1.807) is 30.5 Å². The smallest absolute Gasteiger partial charge is 0.312 e. The Labute approximate surface area is 105 Å². The summed E-state index contributed by atoms with van der Waals surface area (Å²) in [5.41, 5.74) is 0.459. The van der Waals surface area contributed by atoms with Crippen LogP contribution in [0.15, 0.2) is 41.0 Å². The van der Waals surface area contributed by atoms with E-state index in [9.17, 15) is 15.2 Å². The number of hydrogen-bond donors (Lipinski definition) is 1. The number of benzene rings is 1. The fourth-order valence-electron chi connectivity index (χ4n) is 1.44. The van der Waals surface area contributed by atoms with Crippen molar-refractivity contribution < 1.29 is 10.0 Å². The Kier molecular flexibility index (Phi) is 3.06. The van der Waals surface area contributed by atoms with Crippen molar-refractivity contribution in [1.82, 2.24) is 4.98 Å². The lowest BCUT2D eigenvalue weighted by Gasteiger charge is -2.05. The minimum atomic E-state index is -0.632. The molecule has 5 nitrogen and oxygen atoms in total. The van der Waals surface area contributed by atoms with Gasteiger partial charge in [0.25, 0.3) is 0 Å². The summed E-state index contributed by atoms with van der Waals surface area (Å²) in [5, 5.41) is 20.6. The number of phenols is 1. The Morgan fingerprint density at radius 3 is 2.71 bits per heavy atom. The van der Waals surface area contributed by atoms with E-state index < -0.39 is 4.92 Å². The van der Waals surface area contributed by atoms with Crippen LogP contribution in [0.25, 0.3) is 11.3 Å². The van der Waals surface area contributed by atoms with E-state index in [1.165, 1.54) is 6.07 Å². The van der Waals surface area contributed by atoms with E-state index in [-0.39, 0.29) is 11.4 Å². The summed E-state index contributed by atoms with van der Waals surface area (Å²) in [4.78, 5) is 14.2. The topological polar surface area (TPSA) is 76.3 Å². The summed E-state index contributed by atoms with van der Waals surface area (Å²) in [6.07, 6.45) is 1.56. The molecule has 0 unspecified atom stereocenters. The number of halogens is 1. The van der Waals surface area contributed by atoms with Crippen molar-refractivity contribution in [3.05, 3.63) is 51.1 Å². The molecule has 2 aromatic rings. The van der Waals surface area contributed by atoms with Gasteiger partial charge in [-0.05, 0) is 18.2 Å². The van der Waals surface area contributed by atoms with Crippen LogP contribution < -0.4 is 0 Å². The van der Waals surface area contributed by atoms with Gasteiger partial charge in [-0.2, -0.15) is 0 Å². The lowest BCUT2D eigenvalue weighted by molar-refractivity contribution is -0.385. The number of hydrogen-bond acceptors (Lipinski definition) is 4. The molecule has 0 aliphatic carbocycles. The molecule has 0 aliphatic rings. The molecule has 0 radical (unpaired) electrons. The Morgan fingerprint density at radius 2 is 2.12 bits per heavy atom. The number of aromatic nitrogens is 1. The highest BCUT2D eigenvalue weighted by Crippen LogP contribution is 2.38. The van der Waals surface area contributed by atoms with Crippen molar-refractivity contribution in [3.8, 4) is 17.0 Å². The van der Waals surface area contributed by atoms with Gasteiger partial charge in [0.15, 0.2) is 0 Å². The van der Waals surface area contributed by atoms with Gasteiger partial charge in [-0.25, -0.2) is 0 Å². The molecule has 0 amide bonds. The van der Waals surface area contributed by atoms with Gasteiger partial charge in [-0.3, -0.25) is 15.1 Å². The minimum absolute atomic E-state index is 0.326. The maximum Gasteiger partial charge on any atom is 0.312 e. The average Bonchev–Trinajstić information content (AvgIpc) is 2.32. The molecule has 86 valence electrons. The fraction of sp³-hybridized carbons (Fsp3) is 0. The molecule has 17 heavy (non-hydrogen) atoms. The van der Waals surface area contributed by atoms with Crippen LogP contribution in [-0.2, 0) is 0 Å². The number of nitrogens with zero attached hydrogens (tertiary/aromatic N) is 2. The Bertz CT molecular complexity index is 572. The highest BCUT2D eigenvalue weighted by atomic mass is 79.9. The monoisotopic (exact) mass is 294 g/mol. The highest BCUT2D eigenvalue weighted by molar-refractivity contribution is 9.10. The molecule has 1 heterocycles. The second-order valence-corrected chi connectivity index (χ2v) is 4.21. The molecule has 0 aliphatic heterocycles. The van der Waals surface area contributed by atoms with Crippen LogP contribution in [0.1, 0.15) is 0 Å². The summed E-state index contributed by atoms with van der Waals surface area (Å²) in [7, 11) is 0. The van der Waals surface area contributed by atoms with Crippen molar-refractivity contribution in [2.24, 2.45) is 0 Å². The zero-order valence-corrected chi connectivity index (χ0v) is 10.1. The van der Waals surface area contributed by atoms with E-state index in [4.69, 9.17) is 0 Å². The molecule has 1 aromatic carbocycles. The zero-order valence-electron chi connectivity index (χ0n) is 8.50. The predicted molar refractivity (Wildman–Crippen MR) is 65.7 cm³/mol. The van der Waals surface area contributed by atoms with Gasteiger partial charge in [0.05, 0.1) is 16.2 Å². The maximum atomic E-state index is 10.8. The minimum Gasteiger partial charge on any atom is -0.502 e. The molecule has 0 spiro atoms. The molecule has 2 rings (SSSR count). The molecule has 0 bridgehead atoms. The SMILES string of the molecule is O=[N+]([O-])c1cc(Br)cc(-c2ccccn2)c1O.